The van der Waals surface area contributed by atoms with Crippen molar-refractivity contribution in [3.63, 3.8) is 0 Å². The number of alkyl halides is 3. The maximum atomic E-state index is 12.9. The first-order valence-corrected chi connectivity index (χ1v) is 9.55. The van der Waals surface area contributed by atoms with E-state index in [1.807, 2.05) is 0 Å². The van der Waals surface area contributed by atoms with Gasteiger partial charge in [0.05, 0.1) is 29.4 Å². The van der Waals surface area contributed by atoms with E-state index in [-0.39, 0.29) is 24.0 Å². The predicted octanol–water partition coefficient (Wildman–Crippen LogP) is 1.08. The van der Waals surface area contributed by atoms with Gasteiger partial charge >= 0.3 is 11.9 Å². The van der Waals surface area contributed by atoms with E-state index in [2.05, 4.69) is 15.2 Å². The maximum absolute atomic E-state index is 12.9. The first-order valence-electron chi connectivity index (χ1n) is 8.21. The number of aliphatic hydroxyl groups is 2. The molecule has 0 aliphatic heterocycles. The van der Waals surface area contributed by atoms with E-state index >= 15 is 0 Å². The minimum Gasteiger partial charge on any atom is -0.382 e. The van der Waals surface area contributed by atoms with Gasteiger partial charge in [-0.05, 0) is 24.3 Å². The van der Waals surface area contributed by atoms with Gasteiger partial charge in [-0.1, -0.05) is 11.6 Å². The van der Waals surface area contributed by atoms with Crippen LogP contribution in [0.25, 0.3) is 11.4 Å². The molecule has 2 atom stereocenters. The van der Waals surface area contributed by atoms with Gasteiger partial charge in [0.2, 0.25) is 0 Å². The molecule has 3 rings (SSSR count). The van der Waals surface area contributed by atoms with Crippen LogP contribution in [-0.4, -0.2) is 49.8 Å². The van der Waals surface area contributed by atoms with Crippen molar-refractivity contribution in [2.45, 2.75) is 31.6 Å². The van der Waals surface area contributed by atoms with Gasteiger partial charge in [-0.15, -0.1) is 10.2 Å². The third-order valence-corrected chi connectivity index (χ3v) is 4.91. The van der Waals surface area contributed by atoms with Crippen LogP contribution in [-0.2, 0) is 13.1 Å². The third-order valence-electron chi connectivity index (χ3n) is 3.95. The van der Waals surface area contributed by atoms with Gasteiger partial charge in [-0.2, -0.15) is 16.1 Å². The van der Waals surface area contributed by atoms with Crippen molar-refractivity contribution >= 4 is 34.5 Å². The van der Waals surface area contributed by atoms with Crippen molar-refractivity contribution < 1.29 is 23.4 Å². The molecule has 0 saturated carbocycles. The molecule has 2 aromatic heterocycles. The smallest absolute Gasteiger partial charge is 0.382 e. The summed E-state index contributed by atoms with van der Waals surface area (Å²) in [5, 5.41) is 27.4. The molecule has 0 fully saturated rings. The van der Waals surface area contributed by atoms with E-state index < -0.39 is 30.7 Å². The Morgan fingerprint density at radius 2 is 1.83 bits per heavy atom. The summed E-state index contributed by atoms with van der Waals surface area (Å²) in [6, 6.07) is 5.93. The number of hydrogen-bond acceptors (Lipinski definition) is 7. The minimum atomic E-state index is -4.92. The number of hydrogen-bond donors (Lipinski definition) is 3. The third kappa shape index (κ3) is 4.83. The first kappa shape index (κ1) is 22.7. The Morgan fingerprint density at radius 3 is 2.37 bits per heavy atom. The number of aromatic nitrogens is 6. The van der Waals surface area contributed by atoms with Crippen molar-refractivity contribution in [2.75, 3.05) is 0 Å². The Labute approximate surface area is 185 Å². The van der Waals surface area contributed by atoms with Gasteiger partial charge in [0.25, 0.3) is 0 Å². The van der Waals surface area contributed by atoms with E-state index in [0.717, 1.165) is 4.68 Å². The maximum Gasteiger partial charge on any atom is 0.416 e. The zero-order valence-corrected chi connectivity index (χ0v) is 17.7. The lowest BCUT2D eigenvalue weighted by Crippen LogP contribution is -2.37. The van der Waals surface area contributed by atoms with E-state index in [9.17, 15) is 28.2 Å². The van der Waals surface area contributed by atoms with Gasteiger partial charge in [0, 0.05) is 10.6 Å². The highest BCUT2D eigenvalue weighted by Crippen LogP contribution is 2.24. The highest BCUT2D eigenvalue weighted by atomic mass is 127. The molecule has 3 aromatic rings. The van der Waals surface area contributed by atoms with Crippen molar-refractivity contribution in [1.29, 1.82) is 0 Å². The van der Waals surface area contributed by atoms with Crippen LogP contribution in [0.1, 0.15) is 17.9 Å². The highest BCUT2D eigenvalue weighted by molar-refractivity contribution is 14.1. The van der Waals surface area contributed by atoms with E-state index in [4.69, 9.17) is 17.3 Å². The number of aliphatic hydroxyl groups excluding tert-OH is 2. The summed E-state index contributed by atoms with van der Waals surface area (Å²) in [5.74, 6) is -0.0360. The Morgan fingerprint density at radius 1 is 1.20 bits per heavy atom. The highest BCUT2D eigenvalue weighted by Gasteiger charge is 2.39. The zero-order valence-electron chi connectivity index (χ0n) is 14.8. The largest absolute Gasteiger partial charge is 0.416 e. The van der Waals surface area contributed by atoms with Crippen LogP contribution >= 0.6 is 34.5 Å². The fraction of sp³-hybridized carbons (Fsp3) is 0.333. The van der Waals surface area contributed by atoms with Crippen LogP contribution < -0.4 is 11.4 Å². The Balaban J connectivity index is 2.04. The van der Waals surface area contributed by atoms with Crippen LogP contribution in [0.15, 0.2) is 29.1 Å². The second-order valence-corrected chi connectivity index (χ2v) is 7.48. The van der Waals surface area contributed by atoms with Crippen LogP contribution in [0.3, 0.4) is 0 Å². The SMILES string of the molecule is N[C@H](O)c1nc(Cn2nc(-c3ccc(Cl)cc3)n(C[C@H](O)C(F)(F)F)c2=O)nn1I. The summed E-state index contributed by atoms with van der Waals surface area (Å²) in [7, 11) is 0. The van der Waals surface area contributed by atoms with Crippen LogP contribution in [0.5, 0.6) is 0 Å². The van der Waals surface area contributed by atoms with Gasteiger partial charge in [0.1, 0.15) is 6.54 Å². The molecular weight excluding hydrogens is 546 g/mol. The van der Waals surface area contributed by atoms with Crippen molar-refractivity contribution in [3.05, 3.63) is 51.4 Å². The standard InChI is InChI=1S/C15H14ClF3IN7O3/c16-8-3-1-7(2-4-8)12-24-26(6-10-22-13(11(21)29)27(20)23-10)14(30)25(12)5-9(28)15(17,18)19/h1-4,9,11,28-29H,5-6,21H2/t9-,11+/m0/s1. The van der Waals surface area contributed by atoms with Crippen molar-refractivity contribution in [2.24, 2.45) is 5.73 Å². The molecule has 10 nitrogen and oxygen atoms in total. The zero-order chi connectivity index (χ0) is 22.2. The molecule has 4 N–H and O–H groups in total. The summed E-state index contributed by atoms with van der Waals surface area (Å²) in [6.45, 7) is -1.36. The molecular formula is C15H14ClF3IN7O3. The Bertz CT molecular complexity index is 1090. The first-order chi connectivity index (χ1) is 14.0. The molecule has 0 radical (unpaired) electrons. The summed E-state index contributed by atoms with van der Waals surface area (Å²) >= 11 is 7.55. The summed E-state index contributed by atoms with van der Waals surface area (Å²) in [5.41, 5.74) is 4.76. The molecule has 0 aliphatic carbocycles. The lowest BCUT2D eigenvalue weighted by molar-refractivity contribution is -0.207. The Kier molecular flexibility index (Phi) is 6.51. The molecule has 2 heterocycles. The Hall–Kier alpha value is -2.01. The van der Waals surface area contributed by atoms with Gasteiger partial charge in [-0.25, -0.2) is 14.5 Å². The molecule has 162 valence electrons. The fourth-order valence-electron chi connectivity index (χ4n) is 2.52. The second kappa shape index (κ2) is 8.62. The normalized spacial score (nSPS) is 14.1. The van der Waals surface area contributed by atoms with Gasteiger partial charge < -0.3 is 10.2 Å². The summed E-state index contributed by atoms with van der Waals surface area (Å²) < 4.78 is 41.3. The number of nitrogens with zero attached hydrogens (tertiary/aromatic N) is 6. The van der Waals surface area contributed by atoms with Crippen molar-refractivity contribution in [3.8, 4) is 11.4 Å². The van der Waals surface area contributed by atoms with Gasteiger partial charge in [-0.3, -0.25) is 10.3 Å². The number of nitrogens with two attached hydrogens (primary N) is 1. The lowest BCUT2D eigenvalue weighted by atomic mass is 10.2. The molecule has 1 aromatic carbocycles. The topological polar surface area (TPSA) is 137 Å². The molecule has 0 unspecified atom stereocenters. The minimum absolute atomic E-state index is 0.0171. The average molecular weight is 560 g/mol. The molecule has 0 aliphatic rings. The van der Waals surface area contributed by atoms with Gasteiger partial charge in [0.15, 0.2) is 29.8 Å². The monoisotopic (exact) mass is 559 g/mol. The molecule has 0 saturated heterocycles. The molecule has 0 amide bonds. The van der Waals surface area contributed by atoms with Crippen LogP contribution in [0.2, 0.25) is 5.02 Å². The molecule has 0 spiro atoms. The predicted molar refractivity (Wildman–Crippen MR) is 107 cm³/mol. The van der Waals surface area contributed by atoms with E-state index in [1.54, 1.807) is 22.9 Å². The average Bonchev–Trinajstić information content (AvgIpc) is 3.16. The van der Waals surface area contributed by atoms with E-state index in [1.165, 1.54) is 27.2 Å². The second-order valence-electron chi connectivity index (χ2n) is 6.13. The van der Waals surface area contributed by atoms with Crippen molar-refractivity contribution in [1.82, 2.24) is 27.3 Å². The van der Waals surface area contributed by atoms with Crippen LogP contribution in [0, 0.1) is 0 Å². The number of benzene rings is 1. The molecule has 0 bridgehead atoms. The molecule has 15 heteroatoms. The summed E-state index contributed by atoms with van der Waals surface area (Å²) in [6.07, 6.45) is -9.11. The summed E-state index contributed by atoms with van der Waals surface area (Å²) in [4.78, 5) is 16.7. The molecule has 30 heavy (non-hydrogen) atoms. The lowest BCUT2D eigenvalue weighted by Gasteiger charge is -2.15. The quantitative estimate of drug-likeness (QED) is 0.304. The fourth-order valence-corrected chi connectivity index (χ4v) is 3.29. The van der Waals surface area contributed by atoms with Crippen LogP contribution in [0.4, 0.5) is 13.2 Å². The number of halogens is 5. The van der Waals surface area contributed by atoms with E-state index in [0.29, 0.717) is 15.2 Å². The number of rotatable bonds is 6.